The Balaban J connectivity index is 1.49. The van der Waals surface area contributed by atoms with Crippen molar-refractivity contribution in [1.29, 1.82) is 0 Å². The minimum atomic E-state index is 0.986. The lowest BCUT2D eigenvalue weighted by atomic mass is 10.4. The van der Waals surface area contributed by atoms with Crippen molar-refractivity contribution in [3.05, 3.63) is 0 Å². The van der Waals surface area contributed by atoms with E-state index in [-0.39, 0.29) is 0 Å². The van der Waals surface area contributed by atoms with Crippen molar-refractivity contribution in [3.63, 3.8) is 0 Å². The van der Waals surface area contributed by atoms with Crippen molar-refractivity contribution in [2.75, 3.05) is 23.0 Å². The second-order valence-corrected chi connectivity index (χ2v) is 11.6. The maximum Gasteiger partial charge on any atom is 0.0166 e. The molecule has 20 heavy (non-hydrogen) atoms. The van der Waals surface area contributed by atoms with Gasteiger partial charge in [-0.3, -0.25) is 0 Å². The Morgan fingerprint density at radius 3 is 1.00 bits per heavy atom. The summed E-state index contributed by atoms with van der Waals surface area (Å²) < 4.78 is 0. The lowest BCUT2D eigenvalue weighted by Gasteiger charge is -2.22. The average Bonchev–Trinajstić information content (AvgIpc) is 3.07. The average molecular weight is 349 g/mol. The molecule has 3 fully saturated rings. The third-order valence-corrected chi connectivity index (χ3v) is 11.1. The van der Waals surface area contributed by atoms with Crippen LogP contribution in [-0.4, -0.2) is 44.0 Å². The smallest absolute Gasteiger partial charge is 0.0166 e. The molecule has 0 unspecified atom stereocenters. The van der Waals surface area contributed by atoms with Gasteiger partial charge in [0.05, 0.1) is 0 Å². The quantitative estimate of drug-likeness (QED) is 0.562. The molecule has 1 aliphatic heterocycles. The summed E-state index contributed by atoms with van der Waals surface area (Å²) in [5, 5.41) is 3.94. The molecule has 3 aliphatic rings. The van der Waals surface area contributed by atoms with Gasteiger partial charge in [-0.25, -0.2) is 0 Å². The summed E-state index contributed by atoms with van der Waals surface area (Å²) in [6.07, 6.45) is 11.8. The number of rotatable bonds is 0. The first-order valence-corrected chi connectivity index (χ1v) is 12.6. The predicted octanol–water partition coefficient (Wildman–Crippen LogP) is 5.56. The zero-order valence-corrected chi connectivity index (χ0v) is 15.7. The molecule has 1 saturated heterocycles. The van der Waals surface area contributed by atoms with Gasteiger partial charge in [0.25, 0.3) is 0 Å². The fourth-order valence-corrected chi connectivity index (χ4v) is 10.1. The van der Waals surface area contributed by atoms with Crippen molar-refractivity contribution < 1.29 is 0 Å². The molecule has 0 nitrogen and oxygen atoms in total. The molecule has 0 aromatic carbocycles. The molecule has 4 heteroatoms. The number of fused-ring (bicyclic) bond motifs is 2. The number of hydrogen-bond donors (Lipinski definition) is 0. The van der Waals surface area contributed by atoms with Gasteiger partial charge in [-0.1, -0.05) is 12.8 Å². The van der Waals surface area contributed by atoms with Gasteiger partial charge in [0.1, 0.15) is 0 Å². The maximum atomic E-state index is 2.30. The third-order valence-electron chi connectivity index (χ3n) is 4.69. The highest BCUT2D eigenvalue weighted by Crippen LogP contribution is 2.41. The summed E-state index contributed by atoms with van der Waals surface area (Å²) in [4.78, 5) is 0. The Morgan fingerprint density at radius 2 is 0.700 bits per heavy atom. The first-order chi connectivity index (χ1) is 9.93. The van der Waals surface area contributed by atoms with E-state index >= 15 is 0 Å². The molecular formula is C16H28S4. The highest BCUT2D eigenvalue weighted by molar-refractivity contribution is 8.04. The molecule has 3 rings (SSSR count). The normalized spacial score (nSPS) is 40.8. The Hall–Kier alpha value is 1.40. The van der Waals surface area contributed by atoms with Crippen LogP contribution in [0.4, 0.5) is 0 Å². The summed E-state index contributed by atoms with van der Waals surface area (Å²) in [5.74, 6) is 5.66. The van der Waals surface area contributed by atoms with E-state index in [1.54, 1.807) is 0 Å². The number of hydrogen-bond acceptors (Lipinski definition) is 4. The van der Waals surface area contributed by atoms with Gasteiger partial charge in [0.15, 0.2) is 0 Å². The second-order valence-electron chi connectivity index (χ2n) is 6.21. The van der Waals surface area contributed by atoms with Crippen LogP contribution in [0.2, 0.25) is 0 Å². The Labute approximate surface area is 142 Å². The Morgan fingerprint density at radius 1 is 0.400 bits per heavy atom. The molecular weight excluding hydrogens is 320 g/mol. The largest absolute Gasteiger partial charge is 0.157 e. The van der Waals surface area contributed by atoms with Crippen molar-refractivity contribution in [3.8, 4) is 0 Å². The van der Waals surface area contributed by atoms with E-state index in [0.717, 1.165) is 21.0 Å². The lowest BCUT2D eigenvalue weighted by molar-refractivity contribution is 0.888. The molecule has 116 valence electrons. The van der Waals surface area contributed by atoms with Gasteiger partial charge < -0.3 is 0 Å². The van der Waals surface area contributed by atoms with E-state index in [0.29, 0.717) is 0 Å². The molecule has 0 spiro atoms. The zero-order valence-electron chi connectivity index (χ0n) is 12.4. The van der Waals surface area contributed by atoms with Crippen molar-refractivity contribution in [1.82, 2.24) is 0 Å². The summed E-state index contributed by atoms with van der Waals surface area (Å²) in [5.41, 5.74) is 0. The van der Waals surface area contributed by atoms with Crippen LogP contribution < -0.4 is 0 Å². The van der Waals surface area contributed by atoms with Gasteiger partial charge in [-0.15, -0.1) is 0 Å². The van der Waals surface area contributed by atoms with E-state index in [1.165, 1.54) is 74.4 Å². The van der Waals surface area contributed by atoms with E-state index < -0.39 is 0 Å². The summed E-state index contributed by atoms with van der Waals surface area (Å²) in [6.45, 7) is 0. The molecule has 0 N–H and O–H groups in total. The molecule has 2 saturated carbocycles. The van der Waals surface area contributed by atoms with Crippen LogP contribution >= 0.6 is 47.0 Å². The van der Waals surface area contributed by atoms with Crippen LogP contribution in [0, 0.1) is 0 Å². The molecule has 0 aromatic heterocycles. The highest BCUT2D eigenvalue weighted by atomic mass is 32.2. The molecule has 4 atom stereocenters. The topological polar surface area (TPSA) is 0 Å². The van der Waals surface area contributed by atoms with Gasteiger partial charge in [0.2, 0.25) is 0 Å². The molecule has 0 amide bonds. The van der Waals surface area contributed by atoms with Crippen LogP contribution in [0.1, 0.15) is 51.4 Å². The van der Waals surface area contributed by atoms with Crippen LogP contribution in [0.5, 0.6) is 0 Å². The third kappa shape index (κ3) is 4.70. The van der Waals surface area contributed by atoms with Crippen LogP contribution in [0.3, 0.4) is 0 Å². The van der Waals surface area contributed by atoms with Crippen LogP contribution in [-0.2, 0) is 0 Å². The minimum Gasteiger partial charge on any atom is -0.157 e. The monoisotopic (exact) mass is 348 g/mol. The zero-order chi connectivity index (χ0) is 13.6. The maximum absolute atomic E-state index is 2.30. The van der Waals surface area contributed by atoms with E-state index in [2.05, 4.69) is 47.0 Å². The SMILES string of the molecule is C1CS[C@@H]2CCC[C@H]2SCCCS[C@@H]2CCC[C@H]2SC1. The minimum absolute atomic E-state index is 0.986. The highest BCUT2D eigenvalue weighted by Gasteiger charge is 2.29. The molecule has 0 aromatic rings. The predicted molar refractivity (Wildman–Crippen MR) is 102 cm³/mol. The van der Waals surface area contributed by atoms with Gasteiger partial charge in [0, 0.05) is 21.0 Å². The number of thioether (sulfide) groups is 4. The fourth-order valence-electron chi connectivity index (χ4n) is 3.60. The Kier molecular flexibility index (Phi) is 7.22. The fraction of sp³-hybridized carbons (Fsp3) is 1.00. The van der Waals surface area contributed by atoms with Crippen molar-refractivity contribution >= 4 is 47.0 Å². The van der Waals surface area contributed by atoms with Gasteiger partial charge in [-0.2, -0.15) is 47.0 Å². The first kappa shape index (κ1) is 16.3. The van der Waals surface area contributed by atoms with Crippen molar-refractivity contribution in [2.45, 2.75) is 72.4 Å². The van der Waals surface area contributed by atoms with E-state index in [9.17, 15) is 0 Å². The summed E-state index contributed by atoms with van der Waals surface area (Å²) in [7, 11) is 0. The van der Waals surface area contributed by atoms with Crippen LogP contribution in [0.25, 0.3) is 0 Å². The van der Waals surface area contributed by atoms with E-state index in [1.807, 2.05) is 0 Å². The van der Waals surface area contributed by atoms with Crippen LogP contribution in [0.15, 0.2) is 0 Å². The lowest BCUT2D eigenvalue weighted by Crippen LogP contribution is -2.16. The summed E-state index contributed by atoms with van der Waals surface area (Å²) in [6, 6.07) is 0. The van der Waals surface area contributed by atoms with Gasteiger partial charge >= 0.3 is 0 Å². The Bertz CT molecular complexity index is 232. The molecule has 1 heterocycles. The van der Waals surface area contributed by atoms with Gasteiger partial charge in [-0.05, 0) is 61.5 Å². The molecule has 0 bridgehead atoms. The van der Waals surface area contributed by atoms with E-state index in [4.69, 9.17) is 0 Å². The molecule has 0 radical (unpaired) electrons. The molecule has 2 aliphatic carbocycles. The second kappa shape index (κ2) is 8.88. The van der Waals surface area contributed by atoms with Crippen molar-refractivity contribution in [2.24, 2.45) is 0 Å². The standard InChI is InChI=1S/C16H28S4/c1-5-13-14(6-1)18-10-4-12-20-16-8-2-7-15(16)19-11-3-9-17-13/h13-16H,1-12H2/t13-,14-,15-,16-/m1/s1. The summed E-state index contributed by atoms with van der Waals surface area (Å²) >= 11 is 9.22. The first-order valence-electron chi connectivity index (χ1n) is 8.40.